The summed E-state index contributed by atoms with van der Waals surface area (Å²) in [5.74, 6) is 0.901. The molecule has 0 aliphatic rings. The lowest BCUT2D eigenvalue weighted by atomic mass is 10.2. The van der Waals surface area contributed by atoms with E-state index in [0.717, 1.165) is 15.9 Å². The fourth-order valence-corrected chi connectivity index (χ4v) is 3.12. The van der Waals surface area contributed by atoms with Crippen LogP contribution in [-0.4, -0.2) is 24.2 Å². The van der Waals surface area contributed by atoms with Crippen LogP contribution in [0.5, 0.6) is 5.75 Å². The summed E-state index contributed by atoms with van der Waals surface area (Å²) in [4.78, 5) is 14.4. The predicted octanol–water partition coefficient (Wildman–Crippen LogP) is 5.03. The Kier molecular flexibility index (Phi) is 7.60. The van der Waals surface area contributed by atoms with Crippen molar-refractivity contribution in [1.82, 2.24) is 5.32 Å². The smallest absolute Gasteiger partial charge is 0.257 e. The molecule has 0 spiro atoms. The number of amides is 1. The van der Waals surface area contributed by atoms with Gasteiger partial charge in [-0.05, 0) is 71.3 Å². The number of carbonyl (C=O) groups excluding carboxylic acids is 1. The minimum atomic E-state index is -0.250. The summed E-state index contributed by atoms with van der Waals surface area (Å²) in [5.41, 5.74) is 1.46. The topological polar surface area (TPSA) is 41.6 Å². The molecule has 6 heteroatoms. The zero-order chi connectivity index (χ0) is 19.1. The standard InChI is InChI=1S/C20H23BrN2O2S/c1-4-23(16-8-6-5-7-9-16)20(26)22-19(24)15-10-11-18(17(21)12-15)25-13-14(2)3/h5-12,14H,4,13H2,1-3H3,(H,22,24,26). The lowest BCUT2D eigenvalue weighted by Crippen LogP contribution is -2.42. The van der Waals surface area contributed by atoms with E-state index in [1.165, 1.54) is 0 Å². The first-order valence-electron chi connectivity index (χ1n) is 8.52. The second-order valence-electron chi connectivity index (χ2n) is 6.19. The number of rotatable bonds is 6. The van der Waals surface area contributed by atoms with Crippen molar-refractivity contribution < 1.29 is 9.53 Å². The molecule has 2 aromatic carbocycles. The van der Waals surface area contributed by atoms with Gasteiger partial charge in [0.1, 0.15) is 5.75 Å². The van der Waals surface area contributed by atoms with Crippen molar-refractivity contribution in [2.75, 3.05) is 18.1 Å². The third kappa shape index (κ3) is 5.54. The number of benzene rings is 2. The van der Waals surface area contributed by atoms with Gasteiger partial charge in [0.05, 0.1) is 11.1 Å². The second-order valence-corrected chi connectivity index (χ2v) is 7.43. The van der Waals surface area contributed by atoms with E-state index in [9.17, 15) is 4.79 Å². The van der Waals surface area contributed by atoms with Crippen LogP contribution in [0.15, 0.2) is 53.0 Å². The molecule has 0 radical (unpaired) electrons. The molecule has 1 N–H and O–H groups in total. The molecule has 0 aliphatic heterocycles. The lowest BCUT2D eigenvalue weighted by molar-refractivity contribution is 0.0977. The van der Waals surface area contributed by atoms with Gasteiger partial charge in [-0.3, -0.25) is 10.1 Å². The van der Waals surface area contributed by atoms with Crippen LogP contribution in [0.3, 0.4) is 0 Å². The zero-order valence-corrected chi connectivity index (χ0v) is 17.6. The summed E-state index contributed by atoms with van der Waals surface area (Å²) in [5, 5.41) is 3.17. The number of hydrogen-bond donors (Lipinski definition) is 1. The SMILES string of the molecule is CCN(C(=S)NC(=O)c1ccc(OCC(C)C)c(Br)c1)c1ccccc1. The predicted molar refractivity (Wildman–Crippen MR) is 114 cm³/mol. The number of nitrogens with one attached hydrogen (secondary N) is 1. The van der Waals surface area contributed by atoms with Gasteiger partial charge in [0.2, 0.25) is 0 Å². The third-order valence-corrected chi connectivity index (χ3v) is 4.56. The summed E-state index contributed by atoms with van der Waals surface area (Å²) in [6, 6.07) is 15.0. The molecule has 0 bridgehead atoms. The number of hydrogen-bond acceptors (Lipinski definition) is 3. The molecule has 0 aliphatic carbocycles. The average molecular weight is 435 g/mol. The highest BCUT2D eigenvalue weighted by atomic mass is 79.9. The summed E-state index contributed by atoms with van der Waals surface area (Å²) in [6.07, 6.45) is 0. The summed E-state index contributed by atoms with van der Waals surface area (Å²) in [6.45, 7) is 7.44. The molecule has 138 valence electrons. The Morgan fingerprint density at radius 2 is 1.92 bits per heavy atom. The quantitative estimate of drug-likeness (QED) is 0.647. The molecular formula is C20H23BrN2O2S. The van der Waals surface area contributed by atoms with E-state index in [2.05, 4.69) is 35.1 Å². The van der Waals surface area contributed by atoms with Gasteiger partial charge in [-0.2, -0.15) is 0 Å². The van der Waals surface area contributed by atoms with Crippen LogP contribution in [0, 0.1) is 5.92 Å². The Morgan fingerprint density at radius 3 is 2.50 bits per heavy atom. The summed E-state index contributed by atoms with van der Waals surface area (Å²) >= 11 is 8.88. The fraction of sp³-hybridized carbons (Fsp3) is 0.300. The fourth-order valence-electron chi connectivity index (χ4n) is 2.30. The number of para-hydroxylation sites is 1. The van der Waals surface area contributed by atoms with Crippen molar-refractivity contribution in [2.45, 2.75) is 20.8 Å². The van der Waals surface area contributed by atoms with Gasteiger partial charge in [-0.1, -0.05) is 32.0 Å². The number of halogens is 1. The van der Waals surface area contributed by atoms with Crippen LogP contribution in [0.25, 0.3) is 0 Å². The molecule has 26 heavy (non-hydrogen) atoms. The molecule has 0 unspecified atom stereocenters. The Bertz CT molecular complexity index is 766. The maximum Gasteiger partial charge on any atom is 0.257 e. The van der Waals surface area contributed by atoms with Gasteiger partial charge in [0.25, 0.3) is 5.91 Å². The highest BCUT2D eigenvalue weighted by molar-refractivity contribution is 9.10. The van der Waals surface area contributed by atoms with Crippen molar-refractivity contribution in [2.24, 2.45) is 5.92 Å². The first-order chi connectivity index (χ1) is 12.4. The molecule has 0 saturated heterocycles. The first-order valence-corrected chi connectivity index (χ1v) is 9.72. The minimum absolute atomic E-state index is 0.250. The van der Waals surface area contributed by atoms with E-state index < -0.39 is 0 Å². The number of thiocarbonyl (C=S) groups is 1. The zero-order valence-electron chi connectivity index (χ0n) is 15.2. The van der Waals surface area contributed by atoms with Crippen molar-refractivity contribution in [1.29, 1.82) is 0 Å². The van der Waals surface area contributed by atoms with Gasteiger partial charge >= 0.3 is 0 Å². The maximum atomic E-state index is 12.5. The second kappa shape index (κ2) is 9.69. The van der Waals surface area contributed by atoms with E-state index in [-0.39, 0.29) is 5.91 Å². The number of ether oxygens (including phenoxy) is 1. The van der Waals surface area contributed by atoms with Crippen molar-refractivity contribution in [3.63, 3.8) is 0 Å². The normalized spacial score (nSPS) is 10.5. The van der Waals surface area contributed by atoms with E-state index >= 15 is 0 Å². The van der Waals surface area contributed by atoms with Crippen LogP contribution in [-0.2, 0) is 0 Å². The average Bonchev–Trinajstić information content (AvgIpc) is 2.62. The lowest BCUT2D eigenvalue weighted by Gasteiger charge is -2.24. The first kappa shape index (κ1) is 20.4. The van der Waals surface area contributed by atoms with Crippen LogP contribution in [0.1, 0.15) is 31.1 Å². The van der Waals surface area contributed by atoms with E-state index in [4.69, 9.17) is 17.0 Å². The highest BCUT2D eigenvalue weighted by Gasteiger charge is 2.15. The Balaban J connectivity index is 2.06. The molecule has 0 saturated carbocycles. The van der Waals surface area contributed by atoms with Crippen LogP contribution >= 0.6 is 28.1 Å². The molecule has 0 atom stereocenters. The summed E-state index contributed by atoms with van der Waals surface area (Å²) < 4.78 is 6.46. The largest absolute Gasteiger partial charge is 0.492 e. The number of anilines is 1. The summed E-state index contributed by atoms with van der Waals surface area (Å²) in [7, 11) is 0. The van der Waals surface area contributed by atoms with Crippen LogP contribution in [0.4, 0.5) is 5.69 Å². The van der Waals surface area contributed by atoms with Crippen molar-refractivity contribution in [3.8, 4) is 5.75 Å². The van der Waals surface area contributed by atoms with Gasteiger partial charge in [-0.15, -0.1) is 0 Å². The maximum absolute atomic E-state index is 12.5. The molecule has 2 aromatic rings. The van der Waals surface area contributed by atoms with Gasteiger partial charge in [0.15, 0.2) is 5.11 Å². The number of nitrogens with zero attached hydrogens (tertiary/aromatic N) is 1. The highest BCUT2D eigenvalue weighted by Crippen LogP contribution is 2.26. The molecule has 2 rings (SSSR count). The molecular weight excluding hydrogens is 412 g/mol. The van der Waals surface area contributed by atoms with Crippen molar-refractivity contribution >= 4 is 44.9 Å². The Hall–Kier alpha value is -1.92. The number of carbonyl (C=O) groups is 1. The minimum Gasteiger partial charge on any atom is -0.492 e. The van der Waals surface area contributed by atoms with Gasteiger partial charge in [0, 0.05) is 17.8 Å². The molecule has 0 heterocycles. The van der Waals surface area contributed by atoms with E-state index in [1.54, 1.807) is 18.2 Å². The van der Waals surface area contributed by atoms with Gasteiger partial charge in [-0.25, -0.2) is 0 Å². The molecule has 4 nitrogen and oxygen atoms in total. The molecule has 0 aromatic heterocycles. The van der Waals surface area contributed by atoms with Crippen molar-refractivity contribution in [3.05, 3.63) is 58.6 Å². The Labute approximate surface area is 168 Å². The van der Waals surface area contributed by atoms with Gasteiger partial charge < -0.3 is 9.64 Å². The molecule has 1 amide bonds. The van der Waals surface area contributed by atoms with E-state index in [1.807, 2.05) is 42.2 Å². The molecule has 0 fully saturated rings. The van der Waals surface area contributed by atoms with Crippen LogP contribution in [0.2, 0.25) is 0 Å². The van der Waals surface area contributed by atoms with Crippen LogP contribution < -0.4 is 15.0 Å². The Morgan fingerprint density at radius 1 is 1.23 bits per heavy atom. The third-order valence-electron chi connectivity index (χ3n) is 3.62. The van der Waals surface area contributed by atoms with E-state index in [0.29, 0.717) is 29.7 Å². The monoisotopic (exact) mass is 434 g/mol.